The molecule has 0 amide bonds. The summed E-state index contributed by atoms with van der Waals surface area (Å²) in [6, 6.07) is 0. The molecule has 1 aromatic rings. The summed E-state index contributed by atoms with van der Waals surface area (Å²) in [5, 5.41) is 18.6. The zero-order valence-electron chi connectivity index (χ0n) is 11.2. The second-order valence-corrected chi connectivity index (χ2v) is 3.51. The fraction of sp³-hybridized carbons (Fsp3) is 0.556. The number of nitrogen functional groups attached to an aromatic ring is 1. The number of aliphatic hydroxyl groups excluding tert-OH is 2. The highest BCUT2D eigenvalue weighted by molar-refractivity contribution is 5.35. The van der Waals surface area contributed by atoms with Crippen molar-refractivity contribution in [3.05, 3.63) is 22.2 Å². The second kappa shape index (κ2) is 3.85. The summed E-state index contributed by atoms with van der Waals surface area (Å²) in [7, 11) is 0. The van der Waals surface area contributed by atoms with Crippen LogP contribution in [-0.2, 0) is 4.74 Å². The molecule has 1 aliphatic heterocycles. The standard InChI is InChI=1S/C9H13N3O4/c1-4-3-12(9(15)11-7(4)10)6-2-5(13)8(14)16-6/h3,5-6,8,13-14H,2H2,1H3,(H2,10,11,15)/t5-,6+,8-/m0/s1/i1D3. The molecule has 0 aromatic carbocycles. The van der Waals surface area contributed by atoms with Gasteiger partial charge in [-0.1, -0.05) is 0 Å². The van der Waals surface area contributed by atoms with E-state index in [1.807, 2.05) is 0 Å². The predicted octanol–water partition coefficient (Wildman–Crippen LogP) is -1.27. The lowest BCUT2D eigenvalue weighted by molar-refractivity contribution is -0.142. The Morgan fingerprint density at radius 1 is 1.75 bits per heavy atom. The Morgan fingerprint density at radius 2 is 2.50 bits per heavy atom. The first-order chi connectivity index (χ1) is 8.70. The SMILES string of the molecule is [2H]C([2H])([2H])c1cn([C@H]2C[C@H](O)[C@@H](O)O2)c(=O)nc1N. The van der Waals surface area contributed by atoms with Crippen LogP contribution in [0.5, 0.6) is 0 Å². The van der Waals surface area contributed by atoms with Crippen molar-refractivity contribution in [2.24, 2.45) is 0 Å². The highest BCUT2D eigenvalue weighted by atomic mass is 16.6. The molecule has 1 aromatic heterocycles. The van der Waals surface area contributed by atoms with E-state index in [9.17, 15) is 15.0 Å². The smallest absolute Gasteiger partial charge is 0.351 e. The number of aryl methyl sites for hydroxylation is 1. The molecule has 2 heterocycles. The van der Waals surface area contributed by atoms with Crippen LogP contribution >= 0.6 is 0 Å². The lowest BCUT2D eigenvalue weighted by Crippen LogP contribution is -2.28. The summed E-state index contributed by atoms with van der Waals surface area (Å²) in [5.41, 5.74) is 4.31. The van der Waals surface area contributed by atoms with Gasteiger partial charge in [0.2, 0.25) is 0 Å². The highest BCUT2D eigenvalue weighted by Crippen LogP contribution is 2.26. The summed E-state index contributed by atoms with van der Waals surface area (Å²) in [6.45, 7) is -2.53. The molecule has 3 atom stereocenters. The van der Waals surface area contributed by atoms with Crippen LogP contribution in [0.1, 0.15) is 22.3 Å². The third-order valence-electron chi connectivity index (χ3n) is 2.36. The molecule has 0 bridgehead atoms. The van der Waals surface area contributed by atoms with Crippen molar-refractivity contribution >= 4 is 5.82 Å². The van der Waals surface area contributed by atoms with Crippen LogP contribution in [0.3, 0.4) is 0 Å². The summed E-state index contributed by atoms with van der Waals surface area (Å²) >= 11 is 0. The average Bonchev–Trinajstić information content (AvgIpc) is 2.57. The quantitative estimate of drug-likeness (QED) is 0.555. The van der Waals surface area contributed by atoms with E-state index in [1.54, 1.807) is 0 Å². The van der Waals surface area contributed by atoms with Crippen LogP contribution in [0.25, 0.3) is 0 Å². The fourth-order valence-corrected chi connectivity index (χ4v) is 1.50. The van der Waals surface area contributed by atoms with Crippen LogP contribution in [0, 0.1) is 6.85 Å². The molecule has 0 radical (unpaired) electrons. The van der Waals surface area contributed by atoms with Crippen molar-refractivity contribution in [1.82, 2.24) is 9.55 Å². The molecule has 1 aliphatic rings. The molecule has 1 fully saturated rings. The minimum absolute atomic E-state index is 0.0485. The van der Waals surface area contributed by atoms with Crippen LogP contribution in [-0.4, -0.2) is 32.2 Å². The molecule has 0 aliphatic carbocycles. The Morgan fingerprint density at radius 3 is 3.06 bits per heavy atom. The molecule has 16 heavy (non-hydrogen) atoms. The van der Waals surface area contributed by atoms with Crippen molar-refractivity contribution in [3.63, 3.8) is 0 Å². The average molecular weight is 230 g/mol. The third-order valence-corrected chi connectivity index (χ3v) is 2.36. The van der Waals surface area contributed by atoms with Gasteiger partial charge in [-0.25, -0.2) is 4.79 Å². The number of aliphatic hydroxyl groups is 2. The third kappa shape index (κ3) is 1.80. The topological polar surface area (TPSA) is 111 Å². The van der Waals surface area contributed by atoms with Crippen LogP contribution in [0.15, 0.2) is 11.0 Å². The normalized spacial score (nSPS) is 33.1. The van der Waals surface area contributed by atoms with Gasteiger partial charge in [0.25, 0.3) is 0 Å². The Hall–Kier alpha value is -1.44. The second-order valence-electron chi connectivity index (χ2n) is 3.51. The number of aromatic nitrogens is 2. The van der Waals surface area contributed by atoms with Crippen molar-refractivity contribution in [1.29, 1.82) is 0 Å². The number of rotatable bonds is 1. The van der Waals surface area contributed by atoms with Gasteiger partial charge in [0.05, 0.1) is 0 Å². The zero-order valence-corrected chi connectivity index (χ0v) is 8.20. The minimum Gasteiger partial charge on any atom is -0.388 e. The van der Waals surface area contributed by atoms with Gasteiger partial charge in [0.1, 0.15) is 18.1 Å². The van der Waals surface area contributed by atoms with Crippen LogP contribution in [0.4, 0.5) is 5.82 Å². The van der Waals surface area contributed by atoms with E-state index in [0.717, 1.165) is 10.8 Å². The molecule has 7 heteroatoms. The van der Waals surface area contributed by atoms with E-state index in [0.29, 0.717) is 0 Å². The van der Waals surface area contributed by atoms with Gasteiger partial charge in [0.15, 0.2) is 6.29 Å². The molecule has 2 rings (SSSR count). The van der Waals surface area contributed by atoms with E-state index < -0.39 is 31.2 Å². The largest absolute Gasteiger partial charge is 0.388 e. The van der Waals surface area contributed by atoms with Gasteiger partial charge in [-0.3, -0.25) is 4.57 Å². The summed E-state index contributed by atoms with van der Waals surface area (Å²) in [6.07, 6.45) is -2.58. The first kappa shape index (κ1) is 7.77. The molecule has 88 valence electrons. The maximum Gasteiger partial charge on any atom is 0.351 e. The molecule has 0 unspecified atom stereocenters. The van der Waals surface area contributed by atoms with E-state index in [2.05, 4.69) is 4.98 Å². The van der Waals surface area contributed by atoms with Crippen LogP contribution < -0.4 is 11.4 Å². The van der Waals surface area contributed by atoms with Crippen LogP contribution in [0.2, 0.25) is 0 Å². The van der Waals surface area contributed by atoms with Gasteiger partial charge in [0, 0.05) is 22.3 Å². The lowest BCUT2D eigenvalue weighted by Gasteiger charge is -2.13. The Bertz CT molecular complexity index is 534. The molecule has 0 spiro atoms. The number of hydrogen-bond donors (Lipinski definition) is 3. The number of anilines is 1. The molecular weight excluding hydrogens is 214 g/mol. The monoisotopic (exact) mass is 230 g/mol. The summed E-state index contributed by atoms with van der Waals surface area (Å²) in [5.74, 6) is -0.375. The van der Waals surface area contributed by atoms with E-state index in [-0.39, 0.29) is 17.8 Å². The first-order valence-electron chi connectivity index (χ1n) is 6.11. The Balaban J connectivity index is 2.45. The molecule has 0 saturated carbocycles. The maximum absolute atomic E-state index is 11.7. The number of nitrogens with zero attached hydrogens (tertiary/aromatic N) is 2. The van der Waals surface area contributed by atoms with Gasteiger partial charge >= 0.3 is 5.69 Å². The van der Waals surface area contributed by atoms with E-state index in [4.69, 9.17) is 14.6 Å². The summed E-state index contributed by atoms with van der Waals surface area (Å²) in [4.78, 5) is 15.1. The van der Waals surface area contributed by atoms with Crippen molar-refractivity contribution in [3.8, 4) is 0 Å². The highest BCUT2D eigenvalue weighted by Gasteiger charge is 2.34. The maximum atomic E-state index is 11.7. The van der Waals surface area contributed by atoms with Gasteiger partial charge in [-0.15, -0.1) is 0 Å². The van der Waals surface area contributed by atoms with Crippen molar-refractivity contribution in [2.75, 3.05) is 5.73 Å². The molecule has 7 nitrogen and oxygen atoms in total. The predicted molar refractivity (Wildman–Crippen MR) is 54.4 cm³/mol. The number of ether oxygens (including phenoxy) is 1. The van der Waals surface area contributed by atoms with Crippen molar-refractivity contribution < 1.29 is 19.1 Å². The van der Waals surface area contributed by atoms with E-state index in [1.165, 1.54) is 0 Å². The number of hydrogen-bond acceptors (Lipinski definition) is 6. The fourth-order valence-electron chi connectivity index (χ4n) is 1.50. The summed E-state index contributed by atoms with van der Waals surface area (Å²) < 4.78 is 27.7. The molecular formula is C9H13N3O4. The first-order valence-corrected chi connectivity index (χ1v) is 4.61. The van der Waals surface area contributed by atoms with Crippen molar-refractivity contribution in [2.45, 2.75) is 31.9 Å². The molecule has 1 saturated heterocycles. The van der Waals surface area contributed by atoms with Gasteiger partial charge in [-0.2, -0.15) is 4.98 Å². The van der Waals surface area contributed by atoms with E-state index >= 15 is 0 Å². The Kier molecular flexibility index (Phi) is 1.87. The lowest BCUT2D eigenvalue weighted by atomic mass is 10.2. The van der Waals surface area contributed by atoms with Gasteiger partial charge < -0.3 is 20.7 Å². The Labute approximate surface area is 95.3 Å². The minimum atomic E-state index is -2.53. The van der Waals surface area contributed by atoms with Gasteiger partial charge in [-0.05, 0) is 6.85 Å². The molecule has 4 N–H and O–H groups in total. The number of nitrogens with two attached hydrogens (primary N) is 1. The zero-order chi connectivity index (χ0) is 14.4.